The molecule has 0 unspecified atom stereocenters. The van der Waals surface area contributed by atoms with Gasteiger partial charge in [0.05, 0.1) is 16.8 Å². The Bertz CT molecular complexity index is 1100. The number of benzene rings is 2. The fourth-order valence-electron chi connectivity index (χ4n) is 2.93. The van der Waals surface area contributed by atoms with E-state index in [4.69, 9.17) is 4.74 Å². The van der Waals surface area contributed by atoms with Crippen molar-refractivity contribution in [3.8, 4) is 0 Å². The van der Waals surface area contributed by atoms with Gasteiger partial charge in [0.2, 0.25) is 0 Å². The Balaban J connectivity index is 2.13. The van der Waals surface area contributed by atoms with Gasteiger partial charge in [-0.15, -0.1) is 11.8 Å². The molecule has 2 aromatic carbocycles. The Kier molecular flexibility index (Phi) is 6.36. The van der Waals surface area contributed by atoms with E-state index in [1.54, 1.807) is 35.4 Å². The molecule has 0 spiro atoms. The number of esters is 1. The summed E-state index contributed by atoms with van der Waals surface area (Å²) in [5.74, 6) is -0.673. The third kappa shape index (κ3) is 4.20. The van der Waals surface area contributed by atoms with Crippen molar-refractivity contribution in [2.24, 2.45) is 4.99 Å². The first kappa shape index (κ1) is 20.4. The molecule has 7 heteroatoms. The molecule has 0 aliphatic rings. The Morgan fingerprint density at radius 3 is 2.43 bits per heavy atom. The first-order valence-corrected chi connectivity index (χ1v) is 11.0. The normalized spacial score (nSPS) is 11.8. The van der Waals surface area contributed by atoms with Crippen molar-refractivity contribution < 1.29 is 14.3 Å². The van der Waals surface area contributed by atoms with Crippen molar-refractivity contribution in [2.75, 3.05) is 12.9 Å². The number of fused-ring (bicyclic) bond motifs is 1. The number of hydrogen-bond acceptors (Lipinski definition) is 5. The second-order valence-electron chi connectivity index (χ2n) is 6.30. The maximum atomic E-state index is 12.7. The highest BCUT2D eigenvalue weighted by Gasteiger charge is 2.15. The lowest BCUT2D eigenvalue weighted by atomic mass is 10.1. The monoisotopic (exact) mass is 414 g/mol. The summed E-state index contributed by atoms with van der Waals surface area (Å²) in [5.41, 5.74) is 3.55. The molecule has 28 heavy (non-hydrogen) atoms. The number of carbonyl (C=O) groups is 2. The second-order valence-corrected chi connectivity index (χ2v) is 8.16. The zero-order chi connectivity index (χ0) is 20.3. The summed E-state index contributed by atoms with van der Waals surface area (Å²) in [6.45, 7) is 6.11. The van der Waals surface area contributed by atoms with Crippen LogP contribution in [0.3, 0.4) is 0 Å². The van der Waals surface area contributed by atoms with Gasteiger partial charge < -0.3 is 9.30 Å². The van der Waals surface area contributed by atoms with E-state index in [0.29, 0.717) is 17.0 Å². The summed E-state index contributed by atoms with van der Waals surface area (Å²) >= 11 is 3.04. The van der Waals surface area contributed by atoms with Crippen LogP contribution in [0, 0.1) is 13.8 Å². The zero-order valence-corrected chi connectivity index (χ0v) is 17.9. The van der Waals surface area contributed by atoms with Gasteiger partial charge in [0.1, 0.15) is 6.54 Å². The lowest BCUT2D eigenvalue weighted by molar-refractivity contribution is -0.143. The van der Waals surface area contributed by atoms with Gasteiger partial charge in [0.15, 0.2) is 4.80 Å². The molecule has 0 aliphatic carbocycles. The van der Waals surface area contributed by atoms with Crippen molar-refractivity contribution >= 4 is 45.2 Å². The van der Waals surface area contributed by atoms with Crippen molar-refractivity contribution in [3.05, 3.63) is 57.9 Å². The van der Waals surface area contributed by atoms with Gasteiger partial charge in [0, 0.05) is 10.5 Å². The number of nitrogens with zero attached hydrogens (tertiary/aromatic N) is 2. The molecule has 146 valence electrons. The number of rotatable bonds is 5. The molecule has 0 N–H and O–H groups in total. The second kappa shape index (κ2) is 8.75. The van der Waals surface area contributed by atoms with Crippen molar-refractivity contribution in [1.82, 2.24) is 4.57 Å². The van der Waals surface area contributed by atoms with Crippen molar-refractivity contribution in [1.29, 1.82) is 0 Å². The van der Waals surface area contributed by atoms with Crippen LogP contribution in [-0.4, -0.2) is 29.3 Å². The summed E-state index contributed by atoms with van der Waals surface area (Å²) in [7, 11) is 0. The van der Waals surface area contributed by atoms with Crippen LogP contribution in [0.4, 0.5) is 0 Å². The molecule has 3 rings (SSSR count). The smallest absolute Gasteiger partial charge is 0.326 e. The molecule has 0 atom stereocenters. The molecule has 1 aromatic heterocycles. The van der Waals surface area contributed by atoms with Crippen LogP contribution in [0.1, 0.15) is 28.4 Å². The number of thioether (sulfide) groups is 1. The van der Waals surface area contributed by atoms with Gasteiger partial charge in [-0.3, -0.25) is 9.59 Å². The van der Waals surface area contributed by atoms with E-state index in [-0.39, 0.29) is 18.4 Å². The van der Waals surface area contributed by atoms with E-state index in [0.717, 1.165) is 26.2 Å². The quantitative estimate of drug-likeness (QED) is 0.460. The highest BCUT2D eigenvalue weighted by molar-refractivity contribution is 7.98. The number of amides is 1. The molecule has 0 fully saturated rings. The average Bonchev–Trinajstić information content (AvgIpc) is 3.04. The highest BCUT2D eigenvalue weighted by Crippen LogP contribution is 2.25. The summed E-state index contributed by atoms with van der Waals surface area (Å²) in [6, 6.07) is 11.4. The summed E-state index contributed by atoms with van der Waals surface area (Å²) in [5, 5.41) is 0. The predicted molar refractivity (Wildman–Crippen MR) is 114 cm³/mol. The fourth-order valence-corrected chi connectivity index (χ4v) is 4.51. The van der Waals surface area contributed by atoms with E-state index in [2.05, 4.69) is 4.99 Å². The molecule has 5 nitrogen and oxygen atoms in total. The average molecular weight is 415 g/mol. The number of aromatic nitrogens is 1. The molecule has 0 aliphatic heterocycles. The molecular formula is C21H22N2O3S2. The number of aryl methyl sites for hydroxylation is 2. The summed E-state index contributed by atoms with van der Waals surface area (Å²) < 4.78 is 7.93. The maximum absolute atomic E-state index is 12.7. The van der Waals surface area contributed by atoms with Crippen LogP contribution in [0.15, 0.2) is 46.3 Å². The third-order valence-electron chi connectivity index (χ3n) is 4.35. The maximum Gasteiger partial charge on any atom is 0.326 e. The van der Waals surface area contributed by atoms with E-state index in [9.17, 15) is 9.59 Å². The Morgan fingerprint density at radius 1 is 1.11 bits per heavy atom. The van der Waals surface area contributed by atoms with Crippen LogP contribution in [0.5, 0.6) is 0 Å². The van der Waals surface area contributed by atoms with Crippen LogP contribution < -0.4 is 4.80 Å². The van der Waals surface area contributed by atoms with Crippen LogP contribution in [-0.2, 0) is 16.1 Å². The molecule has 0 saturated heterocycles. The van der Waals surface area contributed by atoms with Gasteiger partial charge in [-0.2, -0.15) is 4.99 Å². The minimum absolute atomic E-state index is 0.0235. The Morgan fingerprint density at radius 2 is 1.79 bits per heavy atom. The van der Waals surface area contributed by atoms with Gasteiger partial charge in [-0.05, 0) is 62.4 Å². The highest BCUT2D eigenvalue weighted by atomic mass is 32.2. The van der Waals surface area contributed by atoms with E-state index >= 15 is 0 Å². The third-order valence-corrected chi connectivity index (χ3v) is 6.31. The lowest BCUT2D eigenvalue weighted by Crippen LogP contribution is -2.23. The lowest BCUT2D eigenvalue weighted by Gasteiger charge is -2.07. The van der Waals surface area contributed by atoms with Gasteiger partial charge in [0.25, 0.3) is 5.91 Å². The first-order valence-electron chi connectivity index (χ1n) is 8.93. The standard InChI is InChI=1S/C21H22N2O3S2/c1-5-26-17(24)12-23-18-13(2)6-7-14(3)19(18)28-21(23)22-20(25)15-8-10-16(27-4)11-9-15/h6-11H,5,12H2,1-4H3. The van der Waals surface area contributed by atoms with Crippen molar-refractivity contribution in [2.45, 2.75) is 32.2 Å². The van der Waals surface area contributed by atoms with Crippen LogP contribution in [0.2, 0.25) is 0 Å². The van der Waals surface area contributed by atoms with Crippen LogP contribution >= 0.6 is 23.1 Å². The molecule has 0 bridgehead atoms. The summed E-state index contributed by atoms with van der Waals surface area (Å²) in [6.07, 6.45) is 1.99. The van der Waals surface area contributed by atoms with Gasteiger partial charge in [-0.25, -0.2) is 0 Å². The Hall–Kier alpha value is -2.38. The predicted octanol–water partition coefficient (Wildman–Crippen LogP) is 4.35. The topological polar surface area (TPSA) is 60.7 Å². The van der Waals surface area contributed by atoms with Gasteiger partial charge >= 0.3 is 5.97 Å². The molecular weight excluding hydrogens is 392 g/mol. The Labute approximate surface area is 172 Å². The molecule has 1 amide bonds. The largest absolute Gasteiger partial charge is 0.465 e. The number of hydrogen-bond donors (Lipinski definition) is 0. The molecule has 0 radical (unpaired) electrons. The number of thiazole rings is 1. The van der Waals surface area contributed by atoms with Gasteiger partial charge in [-0.1, -0.05) is 23.5 Å². The van der Waals surface area contributed by atoms with E-state index < -0.39 is 0 Å². The fraction of sp³-hybridized carbons (Fsp3) is 0.286. The molecule has 1 heterocycles. The van der Waals surface area contributed by atoms with Crippen molar-refractivity contribution in [3.63, 3.8) is 0 Å². The SMILES string of the molecule is CCOC(=O)Cn1c(=NC(=O)c2ccc(SC)cc2)sc2c(C)ccc(C)c21. The summed E-state index contributed by atoms with van der Waals surface area (Å²) in [4.78, 5) is 30.8. The minimum atomic E-state index is -0.346. The molecule has 3 aromatic rings. The first-order chi connectivity index (χ1) is 13.4. The van der Waals surface area contributed by atoms with E-state index in [1.807, 2.05) is 44.4 Å². The minimum Gasteiger partial charge on any atom is -0.465 e. The number of carbonyl (C=O) groups excluding carboxylic acids is 2. The van der Waals surface area contributed by atoms with Crippen LogP contribution in [0.25, 0.3) is 10.2 Å². The molecule has 0 saturated carbocycles. The number of ether oxygens (including phenoxy) is 1. The van der Waals surface area contributed by atoms with E-state index in [1.165, 1.54) is 11.3 Å². The zero-order valence-electron chi connectivity index (χ0n) is 16.3.